The van der Waals surface area contributed by atoms with Crippen LogP contribution in [0, 0.1) is 23.7 Å². The number of allylic oxidation sites excluding steroid dienone is 2. The Balaban J connectivity index is 1.90. The molecule has 0 N–H and O–H groups in total. The minimum Gasteiger partial charge on any atom is -0.462 e. The zero-order valence-electron chi connectivity index (χ0n) is 8.48. The van der Waals surface area contributed by atoms with Gasteiger partial charge in [0.25, 0.3) is 0 Å². The highest BCUT2D eigenvalue weighted by molar-refractivity contribution is 5.75. The van der Waals surface area contributed by atoms with E-state index in [2.05, 4.69) is 12.2 Å². The number of hydrogen-bond donors (Lipinski definition) is 0. The lowest BCUT2D eigenvalue weighted by molar-refractivity contribution is -0.153. The first kappa shape index (κ1) is 8.51. The summed E-state index contributed by atoms with van der Waals surface area (Å²) in [6.45, 7) is 2.01. The Morgan fingerprint density at radius 1 is 1.29 bits per heavy atom. The van der Waals surface area contributed by atoms with Gasteiger partial charge in [0, 0.05) is 0 Å². The van der Waals surface area contributed by atoms with Crippen LogP contribution in [0.5, 0.6) is 0 Å². The summed E-state index contributed by atoms with van der Waals surface area (Å²) in [5.41, 5.74) is 0. The van der Waals surface area contributed by atoms with Crippen molar-refractivity contribution in [1.82, 2.24) is 0 Å². The summed E-state index contributed by atoms with van der Waals surface area (Å²) in [5.74, 6) is 2.00. The van der Waals surface area contributed by atoms with Gasteiger partial charge in [0.15, 0.2) is 0 Å². The summed E-state index contributed by atoms with van der Waals surface area (Å²) in [4.78, 5) is 11.8. The molecule has 0 aromatic heterocycles. The van der Waals surface area contributed by atoms with Crippen LogP contribution < -0.4 is 0 Å². The largest absolute Gasteiger partial charge is 0.462 e. The van der Waals surface area contributed by atoms with Crippen LogP contribution >= 0.6 is 0 Å². The molecule has 2 bridgehead atoms. The first-order chi connectivity index (χ1) is 6.75. The lowest BCUT2D eigenvalue weighted by Gasteiger charge is -2.22. The van der Waals surface area contributed by atoms with Gasteiger partial charge in [0.05, 0.1) is 12.0 Å². The van der Waals surface area contributed by atoms with Crippen LogP contribution in [-0.2, 0) is 9.53 Å². The standard InChI is InChI=1S/C12H16O2/c1-7-2-5-10-8-3-4-9(6-8)11(10)12(13)14-7/h3-4,7-11H,2,5-6H2,1H3/t7-,8-,9+,10-,11+/m0/s1. The lowest BCUT2D eigenvalue weighted by atomic mass is 9.81. The Morgan fingerprint density at radius 2 is 2.07 bits per heavy atom. The van der Waals surface area contributed by atoms with Crippen molar-refractivity contribution < 1.29 is 9.53 Å². The van der Waals surface area contributed by atoms with Gasteiger partial charge >= 0.3 is 5.97 Å². The van der Waals surface area contributed by atoms with Gasteiger partial charge in [-0.1, -0.05) is 12.2 Å². The highest BCUT2D eigenvalue weighted by Gasteiger charge is 2.49. The van der Waals surface area contributed by atoms with E-state index in [-0.39, 0.29) is 18.0 Å². The van der Waals surface area contributed by atoms with E-state index in [1.807, 2.05) is 6.92 Å². The number of hydrogen-bond acceptors (Lipinski definition) is 2. The monoisotopic (exact) mass is 192 g/mol. The SMILES string of the molecule is C[C@H]1CC[C@@H]2[C@H](C(=O)O1)[C@@H]1C=C[C@H]2C1. The molecule has 0 radical (unpaired) electrons. The molecule has 2 nitrogen and oxygen atoms in total. The van der Waals surface area contributed by atoms with E-state index in [0.29, 0.717) is 17.8 Å². The molecule has 1 aliphatic heterocycles. The maximum atomic E-state index is 11.8. The average molecular weight is 192 g/mol. The molecule has 0 amide bonds. The summed E-state index contributed by atoms with van der Waals surface area (Å²) in [6.07, 6.45) is 8.08. The minimum atomic E-state index is 0.0665. The van der Waals surface area contributed by atoms with Gasteiger partial charge in [-0.15, -0.1) is 0 Å². The molecule has 2 fully saturated rings. The van der Waals surface area contributed by atoms with Crippen molar-refractivity contribution in [3.63, 3.8) is 0 Å². The van der Waals surface area contributed by atoms with Crippen LogP contribution in [0.1, 0.15) is 26.2 Å². The summed E-state index contributed by atoms with van der Waals surface area (Å²) >= 11 is 0. The Labute approximate surface area is 84.3 Å². The molecular formula is C12H16O2. The summed E-state index contributed by atoms with van der Waals surface area (Å²) < 4.78 is 5.40. The van der Waals surface area contributed by atoms with Crippen molar-refractivity contribution in [2.75, 3.05) is 0 Å². The number of rotatable bonds is 0. The van der Waals surface area contributed by atoms with Crippen LogP contribution in [0.25, 0.3) is 0 Å². The van der Waals surface area contributed by atoms with E-state index in [9.17, 15) is 4.79 Å². The molecule has 1 heterocycles. The molecular weight excluding hydrogens is 176 g/mol. The quantitative estimate of drug-likeness (QED) is 0.434. The minimum absolute atomic E-state index is 0.0665. The molecule has 3 rings (SSSR count). The third-order valence-corrected chi connectivity index (χ3v) is 4.12. The van der Waals surface area contributed by atoms with E-state index in [4.69, 9.17) is 4.74 Å². The van der Waals surface area contributed by atoms with Gasteiger partial charge in [0.2, 0.25) is 0 Å². The number of fused-ring (bicyclic) bond motifs is 5. The highest BCUT2D eigenvalue weighted by atomic mass is 16.5. The van der Waals surface area contributed by atoms with Gasteiger partial charge in [-0.3, -0.25) is 4.79 Å². The fourth-order valence-electron chi connectivity index (χ4n) is 3.43. The van der Waals surface area contributed by atoms with Crippen molar-refractivity contribution in [1.29, 1.82) is 0 Å². The second-order valence-corrected chi connectivity index (χ2v) is 4.96. The molecule has 2 heteroatoms. The van der Waals surface area contributed by atoms with Crippen molar-refractivity contribution in [2.45, 2.75) is 32.3 Å². The Bertz CT molecular complexity index is 295. The maximum absolute atomic E-state index is 11.8. The number of carbonyl (C=O) groups is 1. The molecule has 5 atom stereocenters. The number of esters is 1. The van der Waals surface area contributed by atoms with Crippen LogP contribution in [0.4, 0.5) is 0 Å². The molecule has 1 saturated carbocycles. The van der Waals surface area contributed by atoms with Gasteiger partial charge in [0.1, 0.15) is 0 Å². The Kier molecular flexibility index (Phi) is 1.73. The smallest absolute Gasteiger partial charge is 0.310 e. The normalized spacial score (nSPS) is 50.1. The fraction of sp³-hybridized carbons (Fsp3) is 0.750. The summed E-state index contributed by atoms with van der Waals surface area (Å²) in [5, 5.41) is 0. The molecule has 0 spiro atoms. The number of carbonyl (C=O) groups excluding carboxylic acids is 1. The van der Waals surface area contributed by atoms with Crippen LogP contribution in [-0.4, -0.2) is 12.1 Å². The van der Waals surface area contributed by atoms with E-state index in [1.54, 1.807) is 0 Å². The highest BCUT2D eigenvalue weighted by Crippen LogP contribution is 2.51. The Morgan fingerprint density at radius 3 is 2.93 bits per heavy atom. The van der Waals surface area contributed by atoms with E-state index >= 15 is 0 Å². The van der Waals surface area contributed by atoms with Gasteiger partial charge in [-0.2, -0.15) is 0 Å². The van der Waals surface area contributed by atoms with Gasteiger partial charge in [-0.25, -0.2) is 0 Å². The summed E-state index contributed by atoms with van der Waals surface area (Å²) in [7, 11) is 0. The second kappa shape index (κ2) is 2.85. The molecule has 0 unspecified atom stereocenters. The van der Waals surface area contributed by atoms with Crippen LogP contribution in [0.15, 0.2) is 12.2 Å². The lowest BCUT2D eigenvalue weighted by Crippen LogP contribution is -2.27. The first-order valence-electron chi connectivity index (χ1n) is 5.64. The molecule has 2 aliphatic carbocycles. The third kappa shape index (κ3) is 1.06. The zero-order valence-corrected chi connectivity index (χ0v) is 8.48. The maximum Gasteiger partial charge on any atom is 0.310 e. The molecule has 0 aromatic carbocycles. The predicted molar refractivity (Wildman–Crippen MR) is 52.5 cm³/mol. The van der Waals surface area contributed by atoms with E-state index in [0.717, 1.165) is 6.42 Å². The van der Waals surface area contributed by atoms with Crippen LogP contribution in [0.3, 0.4) is 0 Å². The molecule has 76 valence electrons. The van der Waals surface area contributed by atoms with Crippen molar-refractivity contribution in [3.8, 4) is 0 Å². The van der Waals surface area contributed by atoms with Gasteiger partial charge in [-0.05, 0) is 43.9 Å². The molecule has 0 aromatic rings. The summed E-state index contributed by atoms with van der Waals surface area (Å²) in [6, 6.07) is 0. The first-order valence-corrected chi connectivity index (χ1v) is 5.64. The molecule has 3 aliphatic rings. The third-order valence-electron chi connectivity index (χ3n) is 4.12. The van der Waals surface area contributed by atoms with E-state index in [1.165, 1.54) is 12.8 Å². The molecule has 14 heavy (non-hydrogen) atoms. The number of cyclic esters (lactones) is 1. The zero-order chi connectivity index (χ0) is 9.71. The fourth-order valence-corrected chi connectivity index (χ4v) is 3.43. The van der Waals surface area contributed by atoms with Crippen molar-refractivity contribution >= 4 is 5.97 Å². The van der Waals surface area contributed by atoms with Crippen molar-refractivity contribution in [2.24, 2.45) is 23.7 Å². The predicted octanol–water partition coefficient (Wildman–Crippen LogP) is 2.15. The van der Waals surface area contributed by atoms with Gasteiger partial charge < -0.3 is 4.74 Å². The number of ether oxygens (including phenoxy) is 1. The topological polar surface area (TPSA) is 26.3 Å². The second-order valence-electron chi connectivity index (χ2n) is 4.96. The van der Waals surface area contributed by atoms with Crippen LogP contribution in [0.2, 0.25) is 0 Å². The molecule has 1 saturated heterocycles. The average Bonchev–Trinajstić information content (AvgIpc) is 2.69. The van der Waals surface area contributed by atoms with Crippen molar-refractivity contribution in [3.05, 3.63) is 12.2 Å². The Hall–Kier alpha value is -0.790. The van der Waals surface area contributed by atoms with E-state index < -0.39 is 0 Å².